The summed E-state index contributed by atoms with van der Waals surface area (Å²) in [5.41, 5.74) is 0. The first-order valence-electron chi connectivity index (χ1n) is 8.33. The Bertz CT molecular complexity index is 229. The van der Waals surface area contributed by atoms with Gasteiger partial charge in [-0.15, -0.1) is 0 Å². The molecule has 0 heterocycles. The molecular formula is C16H35IN2O2. The molecule has 0 bridgehead atoms. The van der Waals surface area contributed by atoms with E-state index in [1.165, 1.54) is 58.2 Å². The van der Waals surface area contributed by atoms with Gasteiger partial charge < -0.3 is 38.5 Å². The number of amides is 1. The maximum absolute atomic E-state index is 11.2. The van der Waals surface area contributed by atoms with Crippen molar-refractivity contribution in [3.8, 4) is 0 Å². The first-order valence-corrected chi connectivity index (χ1v) is 8.33. The zero-order valence-corrected chi connectivity index (χ0v) is 16.6. The monoisotopic (exact) mass is 414 g/mol. The maximum Gasteiger partial charge on any atom is 0.407 e. The van der Waals surface area contributed by atoms with Crippen LogP contribution >= 0.6 is 0 Å². The van der Waals surface area contributed by atoms with Gasteiger partial charge in [-0.3, -0.25) is 0 Å². The van der Waals surface area contributed by atoms with Crippen LogP contribution in [0.2, 0.25) is 0 Å². The Kier molecular flexibility index (Phi) is 16.5. The van der Waals surface area contributed by atoms with Crippen LogP contribution < -0.4 is 29.3 Å². The van der Waals surface area contributed by atoms with E-state index >= 15 is 0 Å². The van der Waals surface area contributed by atoms with Gasteiger partial charge >= 0.3 is 6.09 Å². The zero-order chi connectivity index (χ0) is 15.3. The lowest BCUT2D eigenvalue weighted by atomic mass is 10.1. The van der Waals surface area contributed by atoms with Gasteiger partial charge in [0.2, 0.25) is 0 Å². The molecule has 1 amide bonds. The number of hydrogen-bond donors (Lipinski definition) is 1. The molecule has 0 radical (unpaired) electrons. The van der Waals surface area contributed by atoms with E-state index in [0.29, 0.717) is 6.61 Å². The fraction of sp³-hybridized carbons (Fsp3) is 0.938. The Balaban J connectivity index is 0. The average molecular weight is 414 g/mol. The number of halogens is 1. The van der Waals surface area contributed by atoms with Crippen molar-refractivity contribution in [2.45, 2.75) is 59.3 Å². The summed E-state index contributed by atoms with van der Waals surface area (Å²) in [6.07, 6.45) is 7.15. The second-order valence-electron chi connectivity index (χ2n) is 5.68. The summed E-state index contributed by atoms with van der Waals surface area (Å²) in [6, 6.07) is 0. The molecule has 0 spiro atoms. The van der Waals surface area contributed by atoms with Gasteiger partial charge in [-0.1, -0.05) is 40.0 Å². The number of carbonyl (C=O) groups is 1. The summed E-state index contributed by atoms with van der Waals surface area (Å²) in [5, 5.41) is 2.51. The van der Waals surface area contributed by atoms with Crippen molar-refractivity contribution < 1.29 is 38.0 Å². The standard InChI is InChI=1S/C16H34N2O2.HI/c1-5-8-11-18(12-9-6-2,13-10-7-3)14-15-20-16(19)17-4;/h5-15H2,1-4H3;1H. The van der Waals surface area contributed by atoms with Gasteiger partial charge in [0.05, 0.1) is 19.6 Å². The molecule has 0 aromatic carbocycles. The Hall–Kier alpha value is -0.0400. The van der Waals surface area contributed by atoms with Crippen molar-refractivity contribution in [3.05, 3.63) is 0 Å². The Morgan fingerprint density at radius 3 is 1.67 bits per heavy atom. The molecule has 0 aromatic heterocycles. The number of rotatable bonds is 12. The number of unbranched alkanes of at least 4 members (excludes halogenated alkanes) is 3. The Morgan fingerprint density at radius 1 is 0.905 bits per heavy atom. The quantitative estimate of drug-likeness (QED) is 0.375. The van der Waals surface area contributed by atoms with Crippen molar-refractivity contribution in [1.82, 2.24) is 5.32 Å². The average Bonchev–Trinajstić information content (AvgIpc) is 2.48. The van der Waals surface area contributed by atoms with Gasteiger partial charge in [-0.2, -0.15) is 0 Å². The lowest BCUT2D eigenvalue weighted by Gasteiger charge is -2.39. The van der Waals surface area contributed by atoms with Gasteiger partial charge in [0.1, 0.15) is 13.2 Å². The highest BCUT2D eigenvalue weighted by atomic mass is 127. The zero-order valence-electron chi connectivity index (χ0n) is 14.4. The van der Waals surface area contributed by atoms with Crippen LogP contribution in [0.5, 0.6) is 0 Å². The molecule has 0 fully saturated rings. The van der Waals surface area contributed by atoms with Crippen LogP contribution in [0.25, 0.3) is 0 Å². The topological polar surface area (TPSA) is 38.3 Å². The number of quaternary nitrogens is 1. The second kappa shape index (κ2) is 14.9. The number of nitrogens with one attached hydrogen (secondary N) is 1. The third kappa shape index (κ3) is 11.2. The molecule has 4 nitrogen and oxygen atoms in total. The van der Waals surface area contributed by atoms with Crippen LogP contribution in [-0.2, 0) is 4.74 Å². The van der Waals surface area contributed by atoms with E-state index < -0.39 is 0 Å². The van der Waals surface area contributed by atoms with Crippen LogP contribution in [0, 0.1) is 0 Å². The van der Waals surface area contributed by atoms with Crippen LogP contribution in [0.15, 0.2) is 0 Å². The fourth-order valence-corrected chi connectivity index (χ4v) is 2.56. The summed E-state index contributed by atoms with van der Waals surface area (Å²) < 4.78 is 6.34. The highest BCUT2D eigenvalue weighted by Crippen LogP contribution is 2.14. The highest BCUT2D eigenvalue weighted by molar-refractivity contribution is 5.66. The molecule has 0 aliphatic heterocycles. The van der Waals surface area contributed by atoms with Crippen LogP contribution in [0.4, 0.5) is 4.79 Å². The van der Waals surface area contributed by atoms with E-state index in [2.05, 4.69) is 26.1 Å². The van der Waals surface area contributed by atoms with Crippen LogP contribution in [0.1, 0.15) is 59.3 Å². The van der Waals surface area contributed by atoms with E-state index in [4.69, 9.17) is 4.74 Å². The second-order valence-corrected chi connectivity index (χ2v) is 5.68. The van der Waals surface area contributed by atoms with Gasteiger partial charge in [0.15, 0.2) is 0 Å². The number of hydrogen-bond acceptors (Lipinski definition) is 2. The highest BCUT2D eigenvalue weighted by Gasteiger charge is 2.25. The summed E-state index contributed by atoms with van der Waals surface area (Å²) in [6.45, 7) is 11.9. The summed E-state index contributed by atoms with van der Waals surface area (Å²) >= 11 is 0. The third-order valence-corrected chi connectivity index (χ3v) is 3.96. The van der Waals surface area contributed by atoms with Crippen LogP contribution in [0.3, 0.4) is 0 Å². The molecule has 0 unspecified atom stereocenters. The molecule has 0 aromatic rings. The van der Waals surface area contributed by atoms with Crippen molar-refractivity contribution in [1.29, 1.82) is 0 Å². The molecule has 128 valence electrons. The van der Waals surface area contributed by atoms with Crippen molar-refractivity contribution >= 4 is 6.09 Å². The van der Waals surface area contributed by atoms with Gasteiger partial charge in [0.25, 0.3) is 0 Å². The minimum Gasteiger partial charge on any atom is -1.00 e. The molecule has 5 heteroatoms. The van der Waals surface area contributed by atoms with E-state index in [9.17, 15) is 4.79 Å². The molecule has 0 aliphatic carbocycles. The van der Waals surface area contributed by atoms with Gasteiger partial charge in [-0.05, 0) is 19.3 Å². The first kappa shape index (κ1) is 23.2. The number of ether oxygens (including phenoxy) is 1. The predicted octanol–water partition coefficient (Wildman–Crippen LogP) is 0.564. The fourth-order valence-electron chi connectivity index (χ4n) is 2.56. The minimum atomic E-state index is -0.315. The molecule has 0 atom stereocenters. The summed E-state index contributed by atoms with van der Waals surface area (Å²) in [4.78, 5) is 11.2. The lowest BCUT2D eigenvalue weighted by Crippen LogP contribution is -3.00. The summed E-state index contributed by atoms with van der Waals surface area (Å²) in [7, 11) is 1.61. The van der Waals surface area contributed by atoms with Crippen molar-refractivity contribution in [3.63, 3.8) is 0 Å². The molecular weight excluding hydrogens is 379 g/mol. The minimum absolute atomic E-state index is 0. The molecule has 0 rings (SSSR count). The number of alkyl carbamates (subject to hydrolysis) is 1. The molecule has 0 saturated heterocycles. The Morgan fingerprint density at radius 2 is 1.33 bits per heavy atom. The molecule has 0 saturated carbocycles. The Labute approximate surface area is 148 Å². The van der Waals surface area contributed by atoms with E-state index in [-0.39, 0.29) is 30.1 Å². The predicted molar refractivity (Wildman–Crippen MR) is 84.9 cm³/mol. The summed E-state index contributed by atoms with van der Waals surface area (Å²) in [5.74, 6) is 0. The maximum atomic E-state index is 11.2. The van der Waals surface area contributed by atoms with Crippen molar-refractivity contribution in [2.24, 2.45) is 0 Å². The molecule has 1 N–H and O–H groups in total. The van der Waals surface area contributed by atoms with E-state index in [1.807, 2.05) is 0 Å². The molecule has 0 aliphatic rings. The smallest absolute Gasteiger partial charge is 0.407 e. The van der Waals surface area contributed by atoms with E-state index in [0.717, 1.165) is 11.0 Å². The van der Waals surface area contributed by atoms with Gasteiger partial charge in [-0.25, -0.2) is 4.79 Å². The van der Waals surface area contributed by atoms with Crippen LogP contribution in [-0.4, -0.2) is 50.4 Å². The van der Waals surface area contributed by atoms with E-state index in [1.54, 1.807) is 7.05 Å². The normalized spacial score (nSPS) is 10.9. The molecule has 21 heavy (non-hydrogen) atoms. The first-order chi connectivity index (χ1) is 9.64. The number of carbonyl (C=O) groups excluding carboxylic acids is 1. The van der Waals surface area contributed by atoms with Crippen molar-refractivity contribution in [2.75, 3.05) is 39.8 Å². The largest absolute Gasteiger partial charge is 1.00 e. The number of nitrogens with zero attached hydrogens (tertiary/aromatic N) is 1. The lowest BCUT2D eigenvalue weighted by molar-refractivity contribution is -0.929. The third-order valence-electron chi connectivity index (χ3n) is 3.96. The van der Waals surface area contributed by atoms with Gasteiger partial charge in [0, 0.05) is 7.05 Å². The SMILES string of the molecule is CCCC[N+](CCCC)(CCCC)CCOC(=O)NC.[I-].